The molecule has 0 heterocycles. The predicted molar refractivity (Wildman–Crippen MR) is 73.1 cm³/mol. The highest BCUT2D eigenvalue weighted by atomic mass is 32.2. The van der Waals surface area contributed by atoms with Gasteiger partial charge in [0.2, 0.25) is 0 Å². The number of hydrogen-bond donors (Lipinski definition) is 0. The second-order valence-corrected chi connectivity index (χ2v) is 6.40. The van der Waals surface area contributed by atoms with E-state index >= 15 is 0 Å². The molecule has 0 atom stereocenters. The molecule has 0 unspecified atom stereocenters. The molecule has 1 fully saturated rings. The largest absolute Gasteiger partial charge is 0.197 e. The molecule has 1 saturated carbocycles. The van der Waals surface area contributed by atoms with Crippen LogP contribution in [0.3, 0.4) is 0 Å². The first-order valence-corrected chi connectivity index (χ1v) is 7.23. The molecule has 0 aromatic heterocycles. The summed E-state index contributed by atoms with van der Waals surface area (Å²) in [5.74, 6) is 0. The SMILES string of the molecule is Cc1cccc(SC2(C#N)CCCCCC2)c1. The lowest BCUT2D eigenvalue weighted by molar-refractivity contribution is 0.618. The van der Waals surface area contributed by atoms with Crippen molar-refractivity contribution >= 4 is 11.8 Å². The molecule has 0 N–H and O–H groups in total. The van der Waals surface area contributed by atoms with Crippen LogP contribution < -0.4 is 0 Å². The Hall–Kier alpha value is -0.940. The van der Waals surface area contributed by atoms with Crippen molar-refractivity contribution in [2.24, 2.45) is 0 Å². The molecule has 0 saturated heterocycles. The third-order valence-electron chi connectivity index (χ3n) is 3.42. The summed E-state index contributed by atoms with van der Waals surface area (Å²) in [5, 5.41) is 9.53. The average molecular weight is 245 g/mol. The molecule has 1 nitrogen and oxygen atoms in total. The van der Waals surface area contributed by atoms with Gasteiger partial charge in [0.05, 0.1) is 6.07 Å². The van der Waals surface area contributed by atoms with Crippen LogP contribution in [-0.4, -0.2) is 4.75 Å². The molecule has 0 aliphatic heterocycles. The fraction of sp³-hybridized carbons (Fsp3) is 0.533. The van der Waals surface area contributed by atoms with E-state index in [9.17, 15) is 5.26 Å². The van der Waals surface area contributed by atoms with Crippen molar-refractivity contribution in [2.75, 3.05) is 0 Å². The Bertz CT molecular complexity index is 411. The highest BCUT2D eigenvalue weighted by Crippen LogP contribution is 2.42. The zero-order valence-corrected chi connectivity index (χ0v) is 11.2. The van der Waals surface area contributed by atoms with Gasteiger partial charge in [-0.3, -0.25) is 0 Å². The molecule has 90 valence electrons. The maximum Gasteiger partial charge on any atom is 0.107 e. The molecule has 1 aliphatic carbocycles. The van der Waals surface area contributed by atoms with Gasteiger partial charge in [0.25, 0.3) is 0 Å². The summed E-state index contributed by atoms with van der Waals surface area (Å²) in [7, 11) is 0. The van der Waals surface area contributed by atoms with Crippen LogP contribution in [-0.2, 0) is 0 Å². The van der Waals surface area contributed by atoms with Gasteiger partial charge in [-0.2, -0.15) is 5.26 Å². The van der Waals surface area contributed by atoms with E-state index in [-0.39, 0.29) is 4.75 Å². The Balaban J connectivity index is 2.16. The van der Waals surface area contributed by atoms with Gasteiger partial charge < -0.3 is 0 Å². The minimum absolute atomic E-state index is 0.176. The first-order valence-electron chi connectivity index (χ1n) is 6.41. The fourth-order valence-electron chi connectivity index (χ4n) is 2.44. The summed E-state index contributed by atoms with van der Waals surface area (Å²) in [4.78, 5) is 1.24. The number of nitriles is 1. The molecule has 1 aromatic rings. The van der Waals surface area contributed by atoms with Crippen LogP contribution in [0.25, 0.3) is 0 Å². The van der Waals surface area contributed by atoms with Crippen molar-refractivity contribution in [1.29, 1.82) is 5.26 Å². The van der Waals surface area contributed by atoms with Gasteiger partial charge in [-0.05, 0) is 31.9 Å². The molecular weight excluding hydrogens is 226 g/mol. The molecule has 1 aromatic carbocycles. The second kappa shape index (κ2) is 5.60. The minimum Gasteiger partial charge on any atom is -0.197 e. The monoisotopic (exact) mass is 245 g/mol. The number of thioether (sulfide) groups is 1. The van der Waals surface area contributed by atoms with E-state index in [1.165, 1.54) is 36.1 Å². The molecular formula is C15H19NS. The number of hydrogen-bond acceptors (Lipinski definition) is 2. The lowest BCUT2D eigenvalue weighted by Gasteiger charge is -2.24. The normalized spacial score (nSPS) is 19.3. The standard InChI is InChI=1S/C15H19NS/c1-13-7-6-8-14(11-13)17-15(12-16)9-4-2-3-5-10-15/h6-8,11H,2-5,9-10H2,1H3. The second-order valence-electron chi connectivity index (χ2n) is 4.94. The van der Waals surface area contributed by atoms with Gasteiger partial charge in [-0.15, -0.1) is 11.8 Å². The van der Waals surface area contributed by atoms with Crippen LogP contribution >= 0.6 is 11.8 Å². The summed E-state index contributed by atoms with van der Waals surface area (Å²) in [6.07, 6.45) is 7.07. The number of rotatable bonds is 2. The van der Waals surface area contributed by atoms with E-state index in [4.69, 9.17) is 0 Å². The fourth-order valence-corrected chi connectivity index (χ4v) is 3.82. The maximum absolute atomic E-state index is 9.53. The van der Waals surface area contributed by atoms with Crippen LogP contribution in [0.15, 0.2) is 29.2 Å². The van der Waals surface area contributed by atoms with Gasteiger partial charge in [0.1, 0.15) is 4.75 Å². The quantitative estimate of drug-likeness (QED) is 0.705. The number of benzene rings is 1. The molecule has 0 amide bonds. The van der Waals surface area contributed by atoms with E-state index in [0.717, 1.165) is 12.8 Å². The Kier molecular flexibility index (Phi) is 4.12. The third-order valence-corrected chi connectivity index (χ3v) is 4.80. The van der Waals surface area contributed by atoms with Crippen molar-refractivity contribution in [2.45, 2.75) is 55.1 Å². The lowest BCUT2D eigenvalue weighted by Crippen LogP contribution is -2.20. The number of nitrogens with zero attached hydrogens (tertiary/aromatic N) is 1. The van der Waals surface area contributed by atoms with Crippen molar-refractivity contribution in [3.63, 3.8) is 0 Å². The highest BCUT2D eigenvalue weighted by Gasteiger charge is 2.32. The van der Waals surface area contributed by atoms with Crippen LogP contribution in [0.2, 0.25) is 0 Å². The zero-order valence-electron chi connectivity index (χ0n) is 10.4. The average Bonchev–Trinajstić information content (AvgIpc) is 2.55. The first-order chi connectivity index (χ1) is 8.24. The van der Waals surface area contributed by atoms with E-state index in [2.05, 4.69) is 37.3 Å². The summed E-state index contributed by atoms with van der Waals surface area (Å²) < 4.78 is -0.176. The molecule has 0 bridgehead atoms. The molecule has 0 spiro atoms. The summed E-state index contributed by atoms with van der Waals surface area (Å²) in [6.45, 7) is 2.11. The molecule has 1 aliphatic rings. The van der Waals surface area contributed by atoms with E-state index in [0.29, 0.717) is 0 Å². The van der Waals surface area contributed by atoms with Crippen LogP contribution in [0, 0.1) is 18.3 Å². The van der Waals surface area contributed by atoms with Crippen molar-refractivity contribution in [3.8, 4) is 6.07 Å². The lowest BCUT2D eigenvalue weighted by atomic mass is 10.0. The molecule has 2 rings (SSSR count). The van der Waals surface area contributed by atoms with Crippen LogP contribution in [0.5, 0.6) is 0 Å². The maximum atomic E-state index is 9.53. The van der Waals surface area contributed by atoms with Crippen molar-refractivity contribution in [1.82, 2.24) is 0 Å². The third kappa shape index (κ3) is 3.26. The molecule has 17 heavy (non-hydrogen) atoms. The van der Waals surface area contributed by atoms with Crippen LogP contribution in [0.1, 0.15) is 44.1 Å². The van der Waals surface area contributed by atoms with Crippen molar-refractivity contribution < 1.29 is 0 Å². The van der Waals surface area contributed by atoms with E-state index in [1.807, 2.05) is 0 Å². The Morgan fingerprint density at radius 1 is 1.18 bits per heavy atom. The smallest absolute Gasteiger partial charge is 0.107 e. The first kappa shape index (κ1) is 12.5. The Morgan fingerprint density at radius 3 is 2.47 bits per heavy atom. The van der Waals surface area contributed by atoms with E-state index < -0.39 is 0 Å². The molecule has 2 heteroatoms. The van der Waals surface area contributed by atoms with Crippen LogP contribution in [0.4, 0.5) is 0 Å². The van der Waals surface area contributed by atoms with Crippen molar-refractivity contribution in [3.05, 3.63) is 29.8 Å². The van der Waals surface area contributed by atoms with Gasteiger partial charge >= 0.3 is 0 Å². The van der Waals surface area contributed by atoms with Gasteiger partial charge in [-0.25, -0.2) is 0 Å². The van der Waals surface area contributed by atoms with Gasteiger partial charge in [0, 0.05) is 4.90 Å². The van der Waals surface area contributed by atoms with Gasteiger partial charge in [0.15, 0.2) is 0 Å². The zero-order chi connectivity index (χ0) is 12.1. The molecule has 0 radical (unpaired) electrons. The minimum atomic E-state index is -0.176. The number of aryl methyl sites for hydroxylation is 1. The summed E-state index contributed by atoms with van der Waals surface area (Å²) in [5.41, 5.74) is 1.27. The highest BCUT2D eigenvalue weighted by molar-refractivity contribution is 8.01. The summed E-state index contributed by atoms with van der Waals surface area (Å²) >= 11 is 1.78. The van der Waals surface area contributed by atoms with Gasteiger partial charge in [-0.1, -0.05) is 43.4 Å². The van der Waals surface area contributed by atoms with E-state index in [1.54, 1.807) is 11.8 Å². The Labute approximate surface area is 108 Å². The summed E-state index contributed by atoms with van der Waals surface area (Å²) in [6, 6.07) is 11.1. The topological polar surface area (TPSA) is 23.8 Å². The predicted octanol–water partition coefficient (Wildman–Crippen LogP) is 4.70. The Morgan fingerprint density at radius 2 is 1.88 bits per heavy atom.